The van der Waals surface area contributed by atoms with Crippen LogP contribution in [-0.2, 0) is 4.74 Å². The van der Waals surface area contributed by atoms with Gasteiger partial charge in [-0.3, -0.25) is 0 Å². The van der Waals surface area contributed by atoms with E-state index in [4.69, 9.17) is 9.47 Å². The molecule has 0 fully saturated rings. The molecule has 0 aliphatic heterocycles. The van der Waals surface area contributed by atoms with Gasteiger partial charge in [0, 0.05) is 7.11 Å². The largest absolute Gasteiger partial charge is 0.497 e. The normalized spacial score (nSPS) is 12.2. The lowest BCUT2D eigenvalue weighted by Crippen LogP contribution is -2.05. The molecule has 2 rings (SSSR count). The molecule has 93 valence electrons. The van der Waals surface area contributed by atoms with E-state index in [9.17, 15) is 0 Å². The third kappa shape index (κ3) is 2.54. The zero-order valence-corrected chi connectivity index (χ0v) is 10.7. The van der Waals surface area contributed by atoms with E-state index in [2.05, 4.69) is 6.92 Å². The van der Waals surface area contributed by atoms with Crippen molar-refractivity contribution < 1.29 is 9.47 Å². The fraction of sp³-hybridized carbons (Fsp3) is 0.188. The lowest BCUT2D eigenvalue weighted by Gasteiger charge is -2.18. The molecule has 0 amide bonds. The Kier molecular flexibility index (Phi) is 4.00. The first kappa shape index (κ1) is 12.7. The average Bonchev–Trinajstić information content (AvgIpc) is 2.42. The lowest BCUT2D eigenvalue weighted by atomic mass is 9.97. The van der Waals surface area contributed by atoms with E-state index in [1.165, 1.54) is 0 Å². The number of benzene rings is 2. The van der Waals surface area contributed by atoms with Gasteiger partial charge in [-0.05, 0) is 35.7 Å². The summed E-state index contributed by atoms with van der Waals surface area (Å²) in [4.78, 5) is 0. The molecule has 0 heterocycles. The first-order valence-electron chi connectivity index (χ1n) is 5.84. The van der Waals surface area contributed by atoms with Crippen LogP contribution in [0.5, 0.6) is 5.75 Å². The highest BCUT2D eigenvalue weighted by Gasteiger charge is 2.14. The Balaban J connectivity index is 2.36. The molecular formula is C16H17O2. The summed E-state index contributed by atoms with van der Waals surface area (Å²) in [7, 11) is 3.37. The van der Waals surface area contributed by atoms with Crippen molar-refractivity contribution in [3.63, 3.8) is 0 Å². The third-order valence-corrected chi connectivity index (χ3v) is 2.99. The van der Waals surface area contributed by atoms with E-state index >= 15 is 0 Å². The molecule has 2 aromatic rings. The molecule has 1 unspecified atom stereocenters. The highest BCUT2D eigenvalue weighted by atomic mass is 16.5. The number of rotatable bonds is 4. The van der Waals surface area contributed by atoms with Crippen molar-refractivity contribution in [1.82, 2.24) is 0 Å². The van der Waals surface area contributed by atoms with Gasteiger partial charge >= 0.3 is 0 Å². The minimum atomic E-state index is -0.0930. The molecule has 1 atom stereocenters. The number of hydrogen-bond donors (Lipinski definition) is 0. The quantitative estimate of drug-likeness (QED) is 0.814. The molecule has 0 bridgehead atoms. The Morgan fingerprint density at radius 1 is 0.944 bits per heavy atom. The van der Waals surface area contributed by atoms with Crippen molar-refractivity contribution in [2.75, 3.05) is 14.2 Å². The Bertz CT molecular complexity index is 503. The average molecular weight is 241 g/mol. The van der Waals surface area contributed by atoms with Crippen molar-refractivity contribution in [3.05, 3.63) is 72.1 Å². The lowest BCUT2D eigenvalue weighted by molar-refractivity contribution is 0.136. The second-order valence-corrected chi connectivity index (χ2v) is 4.09. The predicted octanol–water partition coefficient (Wildman–Crippen LogP) is 3.61. The second kappa shape index (κ2) is 5.69. The van der Waals surface area contributed by atoms with Crippen LogP contribution < -0.4 is 4.74 Å². The summed E-state index contributed by atoms with van der Waals surface area (Å²) in [5.74, 6) is 0.844. The molecule has 0 saturated heterocycles. The van der Waals surface area contributed by atoms with Crippen LogP contribution in [-0.4, -0.2) is 14.2 Å². The van der Waals surface area contributed by atoms with E-state index in [0.717, 1.165) is 22.4 Å². The Morgan fingerprint density at radius 2 is 1.61 bits per heavy atom. The summed E-state index contributed by atoms with van der Waals surface area (Å²) in [5.41, 5.74) is 3.17. The van der Waals surface area contributed by atoms with Gasteiger partial charge in [0.05, 0.1) is 7.11 Å². The van der Waals surface area contributed by atoms with Crippen LogP contribution in [0.15, 0.2) is 48.5 Å². The summed E-state index contributed by atoms with van der Waals surface area (Å²) in [6, 6.07) is 15.9. The monoisotopic (exact) mass is 241 g/mol. The molecular weight excluding hydrogens is 224 g/mol. The summed E-state index contributed by atoms with van der Waals surface area (Å²) in [6.45, 7) is 4.04. The van der Waals surface area contributed by atoms with Crippen molar-refractivity contribution >= 4 is 0 Å². The van der Waals surface area contributed by atoms with Crippen LogP contribution >= 0.6 is 0 Å². The summed E-state index contributed by atoms with van der Waals surface area (Å²) >= 11 is 0. The highest BCUT2D eigenvalue weighted by Crippen LogP contribution is 2.28. The molecule has 0 spiro atoms. The van der Waals surface area contributed by atoms with E-state index < -0.39 is 0 Å². The molecule has 2 nitrogen and oxygen atoms in total. The van der Waals surface area contributed by atoms with E-state index in [-0.39, 0.29) is 6.10 Å². The van der Waals surface area contributed by atoms with Gasteiger partial charge < -0.3 is 9.47 Å². The number of hydrogen-bond acceptors (Lipinski definition) is 2. The minimum absolute atomic E-state index is 0.0930. The maximum absolute atomic E-state index is 5.60. The summed E-state index contributed by atoms with van der Waals surface area (Å²) < 4.78 is 10.8. The minimum Gasteiger partial charge on any atom is -0.497 e. The van der Waals surface area contributed by atoms with Gasteiger partial charge in [0.25, 0.3) is 0 Å². The molecule has 0 N–H and O–H groups in total. The van der Waals surface area contributed by atoms with Crippen LogP contribution in [0, 0.1) is 6.92 Å². The molecule has 2 heteroatoms. The molecule has 2 aromatic carbocycles. The highest BCUT2D eigenvalue weighted by molar-refractivity contribution is 5.39. The molecule has 0 aliphatic rings. The van der Waals surface area contributed by atoms with Gasteiger partial charge in [-0.2, -0.15) is 0 Å². The fourth-order valence-electron chi connectivity index (χ4n) is 2.01. The van der Waals surface area contributed by atoms with Crippen molar-refractivity contribution in [2.24, 2.45) is 0 Å². The molecule has 0 saturated carbocycles. The van der Waals surface area contributed by atoms with Crippen molar-refractivity contribution in [3.8, 4) is 5.75 Å². The maximum atomic E-state index is 5.60. The maximum Gasteiger partial charge on any atom is 0.118 e. The van der Waals surface area contributed by atoms with Gasteiger partial charge in [-0.1, -0.05) is 36.4 Å². The van der Waals surface area contributed by atoms with Gasteiger partial charge in [-0.15, -0.1) is 0 Å². The van der Waals surface area contributed by atoms with E-state index in [1.54, 1.807) is 14.2 Å². The fourth-order valence-corrected chi connectivity index (χ4v) is 2.01. The van der Waals surface area contributed by atoms with Crippen LogP contribution in [0.2, 0.25) is 0 Å². The van der Waals surface area contributed by atoms with Crippen molar-refractivity contribution in [1.29, 1.82) is 0 Å². The SMILES string of the molecule is [CH2]c1ccccc1C(OC)c1ccc(OC)cc1. The molecule has 18 heavy (non-hydrogen) atoms. The van der Waals surface area contributed by atoms with Crippen LogP contribution in [0.3, 0.4) is 0 Å². The predicted molar refractivity (Wildman–Crippen MR) is 72.7 cm³/mol. The van der Waals surface area contributed by atoms with Gasteiger partial charge in [0.15, 0.2) is 0 Å². The summed E-state index contributed by atoms with van der Waals surface area (Å²) in [6.07, 6.45) is -0.0930. The molecule has 0 aliphatic carbocycles. The first-order valence-corrected chi connectivity index (χ1v) is 5.84. The number of ether oxygens (including phenoxy) is 2. The first-order chi connectivity index (χ1) is 8.76. The smallest absolute Gasteiger partial charge is 0.118 e. The van der Waals surface area contributed by atoms with Crippen LogP contribution in [0.25, 0.3) is 0 Å². The van der Waals surface area contributed by atoms with E-state index in [0.29, 0.717) is 0 Å². The van der Waals surface area contributed by atoms with Crippen molar-refractivity contribution in [2.45, 2.75) is 6.10 Å². The Hall–Kier alpha value is -1.80. The van der Waals surface area contributed by atoms with Gasteiger partial charge in [0.2, 0.25) is 0 Å². The summed E-state index contributed by atoms with van der Waals surface area (Å²) in [5, 5.41) is 0. The zero-order valence-electron chi connectivity index (χ0n) is 10.7. The standard InChI is InChI=1S/C16H17O2/c1-12-6-4-5-7-15(12)16(18-3)13-8-10-14(17-2)11-9-13/h4-11,16H,1H2,2-3H3. The van der Waals surface area contributed by atoms with Crippen LogP contribution in [0.1, 0.15) is 22.8 Å². The molecule has 0 aromatic heterocycles. The van der Waals surface area contributed by atoms with Gasteiger partial charge in [-0.25, -0.2) is 0 Å². The Labute approximate surface area is 108 Å². The van der Waals surface area contributed by atoms with Gasteiger partial charge in [0.1, 0.15) is 11.9 Å². The molecule has 1 radical (unpaired) electrons. The number of methoxy groups -OCH3 is 2. The zero-order chi connectivity index (χ0) is 13.0. The Morgan fingerprint density at radius 3 is 2.17 bits per heavy atom. The topological polar surface area (TPSA) is 18.5 Å². The second-order valence-electron chi connectivity index (χ2n) is 4.09. The van der Waals surface area contributed by atoms with E-state index in [1.807, 2.05) is 48.5 Å². The van der Waals surface area contributed by atoms with Crippen LogP contribution in [0.4, 0.5) is 0 Å². The third-order valence-electron chi connectivity index (χ3n) is 2.99.